The number of amides is 2. The molecule has 1 N–H and O–H groups in total. The molecule has 48 heavy (non-hydrogen) atoms. The molecule has 254 valence electrons. The number of nitrogens with zero attached hydrogens (tertiary/aromatic N) is 2. The van der Waals surface area contributed by atoms with Crippen LogP contribution < -0.4 is 19.1 Å². The zero-order valence-corrected chi connectivity index (χ0v) is 29.4. The van der Waals surface area contributed by atoms with E-state index in [2.05, 4.69) is 5.32 Å². The van der Waals surface area contributed by atoms with Crippen LogP contribution in [0.4, 0.5) is 5.69 Å². The number of hydrogen-bond donors (Lipinski definition) is 1. The Morgan fingerprint density at radius 1 is 0.833 bits per heavy atom. The predicted molar refractivity (Wildman–Crippen MR) is 189 cm³/mol. The first-order chi connectivity index (χ1) is 22.9. The number of aryl methyl sites for hydroxylation is 1. The summed E-state index contributed by atoms with van der Waals surface area (Å²) >= 11 is 6.17. The minimum atomic E-state index is -4.35. The second-order valence-electron chi connectivity index (χ2n) is 11.9. The Morgan fingerprint density at radius 3 is 2.08 bits per heavy atom. The van der Waals surface area contributed by atoms with Crippen molar-refractivity contribution in [1.29, 1.82) is 0 Å². The lowest BCUT2D eigenvalue weighted by Crippen LogP contribution is -2.53. The lowest BCUT2D eigenvalue weighted by atomic mass is 10.0. The standard InChI is InChI=1S/C37H42ClN3O6S/c1-26(2)23-39-37(43)33(21-28-9-7-6-8-10-28)40(24-29-13-11-27(3)12-14-29)36(42)25-41(31-17-15-30(38)16-18-31)48(44,45)32-19-20-34(46-4)35(22-32)47-5/h6-20,22,26,33H,21,23-25H2,1-5H3,(H,39,43). The molecule has 0 heterocycles. The molecule has 2 amide bonds. The van der Waals surface area contributed by atoms with Gasteiger partial charge in [-0.1, -0.05) is 85.6 Å². The highest BCUT2D eigenvalue weighted by atomic mass is 35.5. The number of ether oxygens (including phenoxy) is 2. The van der Waals surface area contributed by atoms with E-state index in [4.69, 9.17) is 21.1 Å². The minimum absolute atomic E-state index is 0.0799. The SMILES string of the molecule is COc1ccc(S(=O)(=O)N(CC(=O)N(Cc2ccc(C)cc2)C(Cc2ccccc2)C(=O)NCC(C)C)c2ccc(Cl)cc2)cc1OC. The van der Waals surface area contributed by atoms with Gasteiger partial charge in [0.05, 0.1) is 24.8 Å². The first-order valence-corrected chi connectivity index (χ1v) is 17.4. The van der Waals surface area contributed by atoms with Crippen LogP contribution in [0.2, 0.25) is 5.02 Å². The molecule has 0 aliphatic rings. The molecule has 0 saturated heterocycles. The Hall–Kier alpha value is -4.54. The van der Waals surface area contributed by atoms with Gasteiger partial charge in [-0.3, -0.25) is 13.9 Å². The van der Waals surface area contributed by atoms with Gasteiger partial charge in [-0.25, -0.2) is 8.42 Å². The highest BCUT2D eigenvalue weighted by Crippen LogP contribution is 2.33. The molecular weight excluding hydrogens is 650 g/mol. The summed E-state index contributed by atoms with van der Waals surface area (Å²) in [6.07, 6.45) is 0.228. The van der Waals surface area contributed by atoms with Gasteiger partial charge >= 0.3 is 0 Å². The molecule has 0 spiro atoms. The van der Waals surface area contributed by atoms with E-state index in [1.165, 1.54) is 49.5 Å². The van der Waals surface area contributed by atoms with Gasteiger partial charge in [0.1, 0.15) is 12.6 Å². The molecule has 4 aromatic rings. The average Bonchev–Trinajstić information content (AvgIpc) is 3.08. The molecule has 4 rings (SSSR count). The number of carbonyl (C=O) groups excluding carboxylic acids is 2. The van der Waals surface area contributed by atoms with Gasteiger partial charge in [0.2, 0.25) is 11.8 Å². The predicted octanol–water partition coefficient (Wildman–Crippen LogP) is 6.27. The topological polar surface area (TPSA) is 105 Å². The normalized spacial score (nSPS) is 11.9. The van der Waals surface area contributed by atoms with Crippen LogP contribution in [0.5, 0.6) is 11.5 Å². The molecule has 0 aliphatic carbocycles. The molecular formula is C37H42ClN3O6S. The second-order valence-corrected chi connectivity index (χ2v) is 14.2. The van der Waals surface area contributed by atoms with Crippen LogP contribution >= 0.6 is 11.6 Å². The maximum atomic E-state index is 14.6. The van der Waals surface area contributed by atoms with Crippen LogP contribution in [0.15, 0.2) is 102 Å². The summed E-state index contributed by atoms with van der Waals surface area (Å²) in [6, 6.07) is 26.6. The van der Waals surface area contributed by atoms with E-state index < -0.39 is 28.5 Å². The number of sulfonamides is 1. The quantitative estimate of drug-likeness (QED) is 0.158. The van der Waals surface area contributed by atoms with Crippen molar-refractivity contribution in [3.05, 3.63) is 119 Å². The minimum Gasteiger partial charge on any atom is -0.493 e. The Kier molecular flexibility index (Phi) is 12.5. The number of anilines is 1. The fraction of sp³-hybridized carbons (Fsp3) is 0.297. The van der Waals surface area contributed by atoms with Crippen LogP contribution in [0.3, 0.4) is 0 Å². The third-order valence-electron chi connectivity index (χ3n) is 7.77. The summed E-state index contributed by atoms with van der Waals surface area (Å²) in [4.78, 5) is 29.9. The summed E-state index contributed by atoms with van der Waals surface area (Å²) in [5, 5.41) is 3.40. The van der Waals surface area contributed by atoms with Gasteiger partial charge in [0.15, 0.2) is 11.5 Å². The molecule has 4 aromatic carbocycles. The van der Waals surface area contributed by atoms with Crippen LogP contribution in [-0.2, 0) is 32.6 Å². The van der Waals surface area contributed by atoms with Crippen molar-refractivity contribution in [3.63, 3.8) is 0 Å². The van der Waals surface area contributed by atoms with Gasteiger partial charge in [-0.15, -0.1) is 0 Å². The summed E-state index contributed by atoms with van der Waals surface area (Å²) in [6.45, 7) is 5.85. The Morgan fingerprint density at radius 2 is 1.48 bits per heavy atom. The summed E-state index contributed by atoms with van der Waals surface area (Å²) in [5.41, 5.74) is 2.92. The fourth-order valence-electron chi connectivity index (χ4n) is 5.11. The number of methoxy groups -OCH3 is 2. The zero-order valence-electron chi connectivity index (χ0n) is 27.9. The number of hydrogen-bond acceptors (Lipinski definition) is 6. The van der Waals surface area contributed by atoms with Crippen molar-refractivity contribution >= 4 is 39.1 Å². The van der Waals surface area contributed by atoms with E-state index in [-0.39, 0.29) is 41.1 Å². The third kappa shape index (κ3) is 9.29. The van der Waals surface area contributed by atoms with E-state index in [0.717, 1.165) is 21.0 Å². The van der Waals surface area contributed by atoms with Gasteiger partial charge in [-0.05, 0) is 60.4 Å². The van der Waals surface area contributed by atoms with Crippen LogP contribution in [0, 0.1) is 12.8 Å². The van der Waals surface area contributed by atoms with Crippen molar-refractivity contribution in [2.75, 3.05) is 31.6 Å². The smallest absolute Gasteiger partial charge is 0.264 e. The molecule has 1 unspecified atom stereocenters. The third-order valence-corrected chi connectivity index (χ3v) is 9.79. The molecule has 1 atom stereocenters. The number of benzene rings is 4. The Balaban J connectivity index is 1.81. The monoisotopic (exact) mass is 691 g/mol. The van der Waals surface area contributed by atoms with E-state index >= 15 is 0 Å². The Labute approximate surface area is 288 Å². The largest absolute Gasteiger partial charge is 0.493 e. The van der Waals surface area contributed by atoms with Crippen molar-refractivity contribution in [2.45, 2.75) is 44.7 Å². The molecule has 0 radical (unpaired) electrons. The first kappa shape index (κ1) is 36.3. The van der Waals surface area contributed by atoms with Crippen molar-refractivity contribution in [3.8, 4) is 11.5 Å². The first-order valence-electron chi connectivity index (χ1n) is 15.6. The van der Waals surface area contributed by atoms with Crippen LogP contribution in [0.1, 0.15) is 30.5 Å². The van der Waals surface area contributed by atoms with Gasteiger partial charge in [0, 0.05) is 30.6 Å². The lowest BCUT2D eigenvalue weighted by molar-refractivity contribution is -0.140. The summed E-state index contributed by atoms with van der Waals surface area (Å²) < 4.78 is 40.4. The van der Waals surface area contributed by atoms with Gasteiger partial charge in [0.25, 0.3) is 10.0 Å². The maximum absolute atomic E-state index is 14.6. The summed E-state index contributed by atoms with van der Waals surface area (Å²) in [7, 11) is -1.48. The maximum Gasteiger partial charge on any atom is 0.264 e. The number of nitrogens with one attached hydrogen (secondary N) is 1. The lowest BCUT2D eigenvalue weighted by Gasteiger charge is -2.34. The highest BCUT2D eigenvalue weighted by molar-refractivity contribution is 7.92. The average molecular weight is 692 g/mol. The van der Waals surface area contributed by atoms with E-state index in [1.807, 2.05) is 75.4 Å². The molecule has 0 aliphatic heterocycles. The number of halogens is 1. The highest BCUT2D eigenvalue weighted by Gasteiger charge is 2.35. The van der Waals surface area contributed by atoms with Crippen LogP contribution in [-0.4, -0.2) is 58.5 Å². The summed E-state index contributed by atoms with van der Waals surface area (Å²) in [5.74, 6) is -0.138. The molecule has 0 saturated carbocycles. The number of rotatable bonds is 15. The van der Waals surface area contributed by atoms with E-state index in [0.29, 0.717) is 17.3 Å². The fourth-order valence-corrected chi connectivity index (χ4v) is 6.66. The molecule has 9 nitrogen and oxygen atoms in total. The van der Waals surface area contributed by atoms with Gasteiger partial charge < -0.3 is 19.7 Å². The van der Waals surface area contributed by atoms with E-state index in [9.17, 15) is 18.0 Å². The molecule has 0 aromatic heterocycles. The zero-order chi connectivity index (χ0) is 34.8. The van der Waals surface area contributed by atoms with Crippen LogP contribution in [0.25, 0.3) is 0 Å². The second kappa shape index (κ2) is 16.5. The van der Waals surface area contributed by atoms with Crippen molar-refractivity contribution in [1.82, 2.24) is 10.2 Å². The van der Waals surface area contributed by atoms with Gasteiger partial charge in [-0.2, -0.15) is 0 Å². The van der Waals surface area contributed by atoms with Crippen molar-refractivity contribution < 1.29 is 27.5 Å². The van der Waals surface area contributed by atoms with E-state index in [1.54, 1.807) is 12.1 Å². The molecule has 0 fully saturated rings. The number of carbonyl (C=O) groups is 2. The van der Waals surface area contributed by atoms with Crippen molar-refractivity contribution in [2.24, 2.45) is 5.92 Å². The molecule has 11 heteroatoms. The Bertz CT molecular complexity index is 1780. The molecule has 0 bridgehead atoms.